The minimum absolute atomic E-state index is 0.0116. The molecule has 0 unspecified atom stereocenters. The molecule has 1 saturated heterocycles. The van der Waals surface area contributed by atoms with Crippen LogP contribution in [-0.4, -0.2) is 55.6 Å². The van der Waals surface area contributed by atoms with Crippen molar-refractivity contribution in [3.05, 3.63) is 33.9 Å². The Morgan fingerprint density at radius 1 is 1.17 bits per heavy atom. The van der Waals surface area contributed by atoms with Crippen LogP contribution in [0.25, 0.3) is 0 Å². The fourth-order valence-electron chi connectivity index (χ4n) is 3.16. The molecule has 164 valence electrons. The molecule has 10 heteroatoms. The second-order valence-corrected chi connectivity index (χ2v) is 6.84. The smallest absolute Gasteiger partial charge is 0.338 e. The van der Waals surface area contributed by atoms with Gasteiger partial charge in [-0.25, -0.2) is 4.79 Å². The molecule has 0 aliphatic carbocycles. The Labute approximate surface area is 174 Å². The molecule has 0 spiro atoms. The Kier molecular flexibility index (Phi) is 9.04. The Morgan fingerprint density at radius 3 is 2.57 bits per heavy atom. The molecule has 10 nitrogen and oxygen atoms in total. The lowest BCUT2D eigenvalue weighted by atomic mass is 10.1. The third kappa shape index (κ3) is 7.02. The lowest BCUT2D eigenvalue weighted by Gasteiger charge is -2.28. The number of rotatable bonds is 10. The van der Waals surface area contributed by atoms with Gasteiger partial charge in [0, 0.05) is 32.1 Å². The normalized spacial score (nSPS) is 13.4. The van der Waals surface area contributed by atoms with Crippen molar-refractivity contribution in [1.29, 1.82) is 0 Å². The molecule has 0 saturated carbocycles. The first-order valence-corrected chi connectivity index (χ1v) is 10.0. The molecule has 30 heavy (non-hydrogen) atoms. The summed E-state index contributed by atoms with van der Waals surface area (Å²) in [6.45, 7) is 3.22. The number of nitrogens with one attached hydrogen (secondary N) is 1. The molecule has 1 heterocycles. The van der Waals surface area contributed by atoms with Crippen molar-refractivity contribution in [2.24, 2.45) is 0 Å². The summed E-state index contributed by atoms with van der Waals surface area (Å²) in [5, 5.41) is 14.0. The number of piperidine rings is 1. The van der Waals surface area contributed by atoms with Crippen LogP contribution in [0.3, 0.4) is 0 Å². The van der Waals surface area contributed by atoms with E-state index in [1.54, 1.807) is 13.0 Å². The van der Waals surface area contributed by atoms with Crippen molar-refractivity contribution in [3.8, 4) is 0 Å². The molecule has 1 fully saturated rings. The van der Waals surface area contributed by atoms with E-state index < -0.39 is 23.4 Å². The van der Waals surface area contributed by atoms with Crippen LogP contribution in [0.4, 0.5) is 11.4 Å². The van der Waals surface area contributed by atoms with Gasteiger partial charge in [-0.05, 0) is 44.7 Å². The number of ether oxygens (including phenoxy) is 2. The standard InChI is InChI=1S/C20H27N3O7/c1-2-29-19(25)7-6-10-21-18(24)14-30-20(26)15-8-9-16(17(13-15)23(27)28)22-11-4-3-5-12-22/h8-9,13H,2-7,10-12,14H2,1H3,(H,21,24). The summed E-state index contributed by atoms with van der Waals surface area (Å²) in [4.78, 5) is 48.1. The van der Waals surface area contributed by atoms with Gasteiger partial charge in [-0.15, -0.1) is 0 Å². The molecule has 1 aliphatic rings. The van der Waals surface area contributed by atoms with Crippen LogP contribution < -0.4 is 10.2 Å². The van der Waals surface area contributed by atoms with Crippen LogP contribution >= 0.6 is 0 Å². The summed E-state index contributed by atoms with van der Waals surface area (Å²) in [6.07, 6.45) is 3.62. The molecule has 0 radical (unpaired) electrons. The average molecular weight is 421 g/mol. The first kappa shape index (κ1) is 23.1. The Bertz CT molecular complexity index is 776. The number of carbonyl (C=O) groups excluding carboxylic acids is 3. The van der Waals surface area contributed by atoms with Gasteiger partial charge >= 0.3 is 11.9 Å². The monoisotopic (exact) mass is 421 g/mol. The van der Waals surface area contributed by atoms with Crippen LogP contribution in [0, 0.1) is 10.1 Å². The summed E-state index contributed by atoms with van der Waals surface area (Å²) in [6, 6.07) is 4.20. The van der Waals surface area contributed by atoms with Crippen LogP contribution in [0.1, 0.15) is 49.4 Å². The molecule has 1 N–H and O–H groups in total. The van der Waals surface area contributed by atoms with E-state index in [4.69, 9.17) is 9.47 Å². The van der Waals surface area contributed by atoms with E-state index >= 15 is 0 Å². The first-order chi connectivity index (χ1) is 14.4. The van der Waals surface area contributed by atoms with Crippen molar-refractivity contribution in [1.82, 2.24) is 5.32 Å². The van der Waals surface area contributed by atoms with Crippen molar-refractivity contribution < 1.29 is 28.8 Å². The quantitative estimate of drug-likeness (QED) is 0.264. The highest BCUT2D eigenvalue weighted by molar-refractivity contribution is 5.93. The largest absolute Gasteiger partial charge is 0.466 e. The zero-order valence-corrected chi connectivity index (χ0v) is 17.1. The number of hydrogen-bond acceptors (Lipinski definition) is 8. The van der Waals surface area contributed by atoms with Gasteiger partial charge in [0.05, 0.1) is 17.1 Å². The highest BCUT2D eigenvalue weighted by Crippen LogP contribution is 2.31. The molecular formula is C20H27N3O7. The van der Waals surface area contributed by atoms with Crippen LogP contribution in [0.15, 0.2) is 18.2 Å². The number of carbonyl (C=O) groups is 3. The maximum atomic E-state index is 12.2. The predicted molar refractivity (Wildman–Crippen MR) is 108 cm³/mol. The molecule has 0 atom stereocenters. The topological polar surface area (TPSA) is 128 Å². The van der Waals surface area contributed by atoms with Crippen LogP contribution in [0.2, 0.25) is 0 Å². The van der Waals surface area contributed by atoms with E-state index in [2.05, 4.69) is 5.32 Å². The zero-order chi connectivity index (χ0) is 21.9. The van der Waals surface area contributed by atoms with Gasteiger partial charge in [0.1, 0.15) is 5.69 Å². The Morgan fingerprint density at radius 2 is 1.90 bits per heavy atom. The lowest BCUT2D eigenvalue weighted by Crippen LogP contribution is -2.30. The minimum atomic E-state index is -0.815. The Balaban J connectivity index is 1.86. The summed E-state index contributed by atoms with van der Waals surface area (Å²) in [7, 11) is 0. The van der Waals surface area contributed by atoms with Gasteiger partial charge in [0.25, 0.3) is 11.6 Å². The number of hydrogen-bond donors (Lipinski definition) is 1. The van der Waals surface area contributed by atoms with Gasteiger partial charge < -0.3 is 19.7 Å². The highest BCUT2D eigenvalue weighted by atomic mass is 16.6. The van der Waals surface area contributed by atoms with Gasteiger partial charge in [0.2, 0.25) is 0 Å². The lowest BCUT2D eigenvalue weighted by molar-refractivity contribution is -0.384. The van der Waals surface area contributed by atoms with E-state index in [-0.39, 0.29) is 30.2 Å². The molecule has 1 amide bonds. The van der Waals surface area contributed by atoms with E-state index in [1.807, 2.05) is 4.90 Å². The van der Waals surface area contributed by atoms with E-state index in [1.165, 1.54) is 12.1 Å². The number of amides is 1. The number of anilines is 1. The minimum Gasteiger partial charge on any atom is -0.466 e. The maximum absolute atomic E-state index is 12.2. The molecule has 2 rings (SSSR count). The van der Waals surface area contributed by atoms with Gasteiger partial charge in [0.15, 0.2) is 6.61 Å². The molecule has 0 bridgehead atoms. The number of nitro benzene ring substituents is 1. The van der Waals surface area contributed by atoms with E-state index in [0.717, 1.165) is 32.4 Å². The first-order valence-electron chi connectivity index (χ1n) is 10.0. The van der Waals surface area contributed by atoms with Gasteiger partial charge in [-0.2, -0.15) is 0 Å². The summed E-state index contributed by atoms with van der Waals surface area (Å²) in [5.74, 6) is -1.68. The van der Waals surface area contributed by atoms with Gasteiger partial charge in [-0.3, -0.25) is 19.7 Å². The zero-order valence-electron chi connectivity index (χ0n) is 17.1. The molecule has 0 aromatic heterocycles. The number of nitrogens with zero attached hydrogens (tertiary/aromatic N) is 2. The summed E-state index contributed by atoms with van der Waals surface area (Å²) < 4.78 is 9.73. The summed E-state index contributed by atoms with van der Waals surface area (Å²) in [5.41, 5.74) is 0.336. The van der Waals surface area contributed by atoms with Crippen LogP contribution in [0.5, 0.6) is 0 Å². The van der Waals surface area contributed by atoms with E-state index in [9.17, 15) is 24.5 Å². The fourth-order valence-corrected chi connectivity index (χ4v) is 3.16. The third-order valence-electron chi connectivity index (χ3n) is 4.62. The van der Waals surface area contributed by atoms with Crippen molar-refractivity contribution in [2.45, 2.75) is 39.0 Å². The van der Waals surface area contributed by atoms with E-state index in [0.29, 0.717) is 18.7 Å². The highest BCUT2D eigenvalue weighted by Gasteiger charge is 2.23. The summed E-state index contributed by atoms with van der Waals surface area (Å²) >= 11 is 0. The predicted octanol–water partition coefficient (Wildman–Crippen LogP) is 2.20. The number of benzene rings is 1. The maximum Gasteiger partial charge on any atom is 0.338 e. The molecule has 1 aromatic carbocycles. The third-order valence-corrected chi connectivity index (χ3v) is 4.62. The fraction of sp³-hybridized carbons (Fsp3) is 0.550. The SMILES string of the molecule is CCOC(=O)CCCNC(=O)COC(=O)c1ccc(N2CCCCC2)c([N+](=O)[O-])c1. The molecular weight excluding hydrogens is 394 g/mol. The molecule has 1 aliphatic heterocycles. The average Bonchev–Trinajstić information content (AvgIpc) is 2.75. The number of nitro groups is 1. The Hall–Kier alpha value is -3.17. The van der Waals surface area contributed by atoms with Crippen molar-refractivity contribution in [2.75, 3.05) is 37.7 Å². The second-order valence-electron chi connectivity index (χ2n) is 6.84. The number of esters is 2. The van der Waals surface area contributed by atoms with Crippen molar-refractivity contribution >= 4 is 29.2 Å². The van der Waals surface area contributed by atoms with Gasteiger partial charge in [-0.1, -0.05) is 0 Å². The second kappa shape index (κ2) is 11.7. The van der Waals surface area contributed by atoms with Crippen molar-refractivity contribution in [3.63, 3.8) is 0 Å². The molecule has 1 aromatic rings. The van der Waals surface area contributed by atoms with Crippen LogP contribution in [-0.2, 0) is 19.1 Å².